The lowest BCUT2D eigenvalue weighted by atomic mass is 10.2. The second-order valence-corrected chi connectivity index (χ2v) is 6.06. The summed E-state index contributed by atoms with van der Waals surface area (Å²) in [7, 11) is 1.75. The molecule has 0 aliphatic heterocycles. The molecule has 1 N–H and O–H groups in total. The molecule has 2 aromatic rings. The molecule has 98 valence electrons. The van der Waals surface area contributed by atoms with Gasteiger partial charge in [0.2, 0.25) is 0 Å². The number of ether oxygens (including phenoxy) is 1. The quantitative estimate of drug-likeness (QED) is 0.770. The average Bonchev–Trinajstić information content (AvgIpc) is 2.75. The highest BCUT2D eigenvalue weighted by Crippen LogP contribution is 2.28. The van der Waals surface area contributed by atoms with Gasteiger partial charge in [-0.15, -0.1) is 0 Å². The van der Waals surface area contributed by atoms with E-state index in [0.717, 1.165) is 41.1 Å². The van der Waals surface area contributed by atoms with Gasteiger partial charge in [-0.05, 0) is 37.5 Å². The maximum absolute atomic E-state index is 5.02. The van der Waals surface area contributed by atoms with Crippen LogP contribution in [0.3, 0.4) is 0 Å². The van der Waals surface area contributed by atoms with E-state index in [0.29, 0.717) is 0 Å². The van der Waals surface area contributed by atoms with Gasteiger partial charge in [0, 0.05) is 24.7 Å². The van der Waals surface area contributed by atoms with Crippen molar-refractivity contribution < 1.29 is 4.74 Å². The molecule has 1 aromatic carbocycles. The van der Waals surface area contributed by atoms with Crippen molar-refractivity contribution in [1.82, 2.24) is 4.98 Å². The smallest absolute Gasteiger partial charge is 0.183 e. The van der Waals surface area contributed by atoms with Crippen LogP contribution in [-0.2, 0) is 4.74 Å². The Labute approximate surface area is 120 Å². The Kier molecular flexibility index (Phi) is 5.41. The van der Waals surface area contributed by atoms with Crippen molar-refractivity contribution in [3.05, 3.63) is 22.7 Å². The van der Waals surface area contributed by atoms with Crippen LogP contribution in [0.4, 0.5) is 5.13 Å². The molecule has 18 heavy (non-hydrogen) atoms. The molecule has 0 aliphatic carbocycles. The topological polar surface area (TPSA) is 34.1 Å². The first-order valence-electron chi connectivity index (χ1n) is 6.08. The normalized spacial score (nSPS) is 11.0. The number of thiazole rings is 1. The molecule has 0 aliphatic rings. The highest BCUT2D eigenvalue weighted by atomic mass is 79.9. The standard InChI is InChI=1S/C13H17BrN2OS/c1-17-8-4-2-3-7-15-13-16-11-9-10(14)5-6-12(11)18-13/h5-6,9H,2-4,7-8H2,1H3,(H,15,16). The van der Waals surface area contributed by atoms with Crippen LogP contribution < -0.4 is 5.32 Å². The molecule has 2 rings (SSSR count). The predicted molar refractivity (Wildman–Crippen MR) is 81.5 cm³/mol. The highest BCUT2D eigenvalue weighted by molar-refractivity contribution is 9.10. The van der Waals surface area contributed by atoms with Crippen LogP contribution in [0.5, 0.6) is 0 Å². The van der Waals surface area contributed by atoms with Gasteiger partial charge >= 0.3 is 0 Å². The van der Waals surface area contributed by atoms with E-state index in [1.165, 1.54) is 11.1 Å². The molecule has 0 radical (unpaired) electrons. The summed E-state index contributed by atoms with van der Waals surface area (Å²) in [5.74, 6) is 0. The summed E-state index contributed by atoms with van der Waals surface area (Å²) < 4.78 is 7.32. The van der Waals surface area contributed by atoms with E-state index in [9.17, 15) is 0 Å². The first-order chi connectivity index (χ1) is 8.79. The summed E-state index contributed by atoms with van der Waals surface area (Å²) in [6.45, 7) is 1.83. The number of fused-ring (bicyclic) bond motifs is 1. The van der Waals surface area contributed by atoms with Crippen molar-refractivity contribution in [2.75, 3.05) is 25.6 Å². The molecule has 5 heteroatoms. The SMILES string of the molecule is COCCCCCNc1nc2cc(Br)ccc2s1. The van der Waals surface area contributed by atoms with Crippen LogP contribution in [0.25, 0.3) is 10.2 Å². The minimum atomic E-state index is 0.856. The summed E-state index contributed by atoms with van der Waals surface area (Å²) in [6.07, 6.45) is 3.48. The van der Waals surface area contributed by atoms with Crippen LogP contribution in [0, 0.1) is 0 Å². The summed E-state index contributed by atoms with van der Waals surface area (Å²) in [4.78, 5) is 4.56. The van der Waals surface area contributed by atoms with Crippen molar-refractivity contribution in [1.29, 1.82) is 0 Å². The number of nitrogens with one attached hydrogen (secondary N) is 1. The van der Waals surface area contributed by atoms with Crippen LogP contribution in [-0.4, -0.2) is 25.2 Å². The molecular weight excluding hydrogens is 312 g/mol. The van der Waals surface area contributed by atoms with Crippen LogP contribution in [0.1, 0.15) is 19.3 Å². The first kappa shape index (κ1) is 13.8. The lowest BCUT2D eigenvalue weighted by Gasteiger charge is -2.01. The Morgan fingerprint density at radius 3 is 3.06 bits per heavy atom. The van der Waals surface area contributed by atoms with Crippen molar-refractivity contribution in [3.63, 3.8) is 0 Å². The predicted octanol–water partition coefficient (Wildman–Crippen LogP) is 4.29. The zero-order chi connectivity index (χ0) is 12.8. The summed E-state index contributed by atoms with van der Waals surface area (Å²) in [6, 6.07) is 6.20. The van der Waals surface area contributed by atoms with Gasteiger partial charge in [-0.25, -0.2) is 4.98 Å². The van der Waals surface area contributed by atoms with Crippen LogP contribution in [0.15, 0.2) is 22.7 Å². The molecule has 0 bridgehead atoms. The van der Waals surface area contributed by atoms with Gasteiger partial charge in [-0.1, -0.05) is 27.3 Å². The van der Waals surface area contributed by atoms with E-state index in [-0.39, 0.29) is 0 Å². The number of hydrogen-bond donors (Lipinski definition) is 1. The Hall–Kier alpha value is -0.650. The molecule has 0 saturated heterocycles. The maximum Gasteiger partial charge on any atom is 0.183 e. The Morgan fingerprint density at radius 1 is 1.33 bits per heavy atom. The van der Waals surface area contributed by atoms with Crippen LogP contribution >= 0.6 is 27.3 Å². The van der Waals surface area contributed by atoms with Gasteiger partial charge in [0.05, 0.1) is 10.2 Å². The number of benzene rings is 1. The average molecular weight is 329 g/mol. The zero-order valence-corrected chi connectivity index (χ0v) is 12.8. The molecule has 0 atom stereocenters. The van der Waals surface area contributed by atoms with Gasteiger partial charge in [-0.3, -0.25) is 0 Å². The zero-order valence-electron chi connectivity index (χ0n) is 10.4. The first-order valence-corrected chi connectivity index (χ1v) is 7.69. The Balaban J connectivity index is 1.81. The van der Waals surface area contributed by atoms with Gasteiger partial charge in [0.1, 0.15) is 0 Å². The van der Waals surface area contributed by atoms with E-state index < -0.39 is 0 Å². The molecule has 0 spiro atoms. The highest BCUT2D eigenvalue weighted by Gasteiger charge is 2.03. The third-order valence-corrected chi connectivity index (χ3v) is 4.14. The van der Waals surface area contributed by atoms with E-state index in [4.69, 9.17) is 4.74 Å². The lowest BCUT2D eigenvalue weighted by Crippen LogP contribution is -2.01. The third-order valence-electron chi connectivity index (χ3n) is 2.65. The second kappa shape index (κ2) is 7.07. The van der Waals surface area contributed by atoms with Gasteiger partial charge in [0.25, 0.3) is 0 Å². The van der Waals surface area contributed by atoms with Crippen LogP contribution in [0.2, 0.25) is 0 Å². The lowest BCUT2D eigenvalue weighted by molar-refractivity contribution is 0.192. The molecule has 0 unspecified atom stereocenters. The summed E-state index contributed by atoms with van der Waals surface area (Å²) in [5.41, 5.74) is 1.05. The number of aromatic nitrogens is 1. The Bertz CT molecular complexity index is 501. The fourth-order valence-electron chi connectivity index (χ4n) is 1.72. The number of methoxy groups -OCH3 is 1. The molecule has 3 nitrogen and oxygen atoms in total. The molecule has 0 saturated carbocycles. The van der Waals surface area contributed by atoms with E-state index in [2.05, 4.69) is 44.4 Å². The van der Waals surface area contributed by atoms with Crippen molar-refractivity contribution in [3.8, 4) is 0 Å². The molecule has 1 heterocycles. The fraction of sp³-hybridized carbons (Fsp3) is 0.462. The minimum Gasteiger partial charge on any atom is -0.385 e. The number of hydrogen-bond acceptors (Lipinski definition) is 4. The number of rotatable bonds is 7. The van der Waals surface area contributed by atoms with Gasteiger partial charge < -0.3 is 10.1 Å². The van der Waals surface area contributed by atoms with Crippen molar-refractivity contribution in [2.45, 2.75) is 19.3 Å². The monoisotopic (exact) mass is 328 g/mol. The molecule has 0 fully saturated rings. The van der Waals surface area contributed by atoms with E-state index >= 15 is 0 Å². The number of halogens is 1. The maximum atomic E-state index is 5.02. The van der Waals surface area contributed by atoms with Crippen molar-refractivity contribution >= 4 is 42.6 Å². The minimum absolute atomic E-state index is 0.856. The van der Waals surface area contributed by atoms with E-state index in [1.807, 2.05) is 0 Å². The van der Waals surface area contributed by atoms with Gasteiger partial charge in [0.15, 0.2) is 5.13 Å². The van der Waals surface area contributed by atoms with E-state index in [1.54, 1.807) is 18.4 Å². The third kappa shape index (κ3) is 3.93. The number of anilines is 1. The Morgan fingerprint density at radius 2 is 2.22 bits per heavy atom. The second-order valence-electron chi connectivity index (χ2n) is 4.11. The number of nitrogens with zero attached hydrogens (tertiary/aromatic N) is 1. The summed E-state index contributed by atoms with van der Waals surface area (Å²) in [5, 5.41) is 4.39. The number of unbranched alkanes of at least 4 members (excludes halogenated alkanes) is 2. The largest absolute Gasteiger partial charge is 0.385 e. The molecule has 0 amide bonds. The molecular formula is C13H17BrN2OS. The van der Waals surface area contributed by atoms with Gasteiger partial charge in [-0.2, -0.15) is 0 Å². The summed E-state index contributed by atoms with van der Waals surface area (Å²) >= 11 is 5.17. The molecule has 1 aromatic heterocycles. The van der Waals surface area contributed by atoms with Crippen molar-refractivity contribution in [2.24, 2.45) is 0 Å². The fourth-order valence-corrected chi connectivity index (χ4v) is 2.94.